The predicted octanol–water partition coefficient (Wildman–Crippen LogP) is 1.59. The third kappa shape index (κ3) is 3.13. The fourth-order valence-corrected chi connectivity index (χ4v) is 4.19. The molecule has 1 fully saturated rings. The molecule has 0 amide bonds. The summed E-state index contributed by atoms with van der Waals surface area (Å²) in [4.78, 5) is 12.8. The summed E-state index contributed by atoms with van der Waals surface area (Å²) in [6.07, 6.45) is 4.65. The van der Waals surface area contributed by atoms with Gasteiger partial charge in [-0.1, -0.05) is 0 Å². The molecule has 0 aliphatic carbocycles. The first-order valence-corrected chi connectivity index (χ1v) is 9.02. The fraction of sp³-hybridized carbons (Fsp3) is 0.417. The zero-order chi connectivity index (χ0) is 14.0. The van der Waals surface area contributed by atoms with E-state index in [0.717, 1.165) is 10.8 Å². The molecule has 20 heavy (non-hydrogen) atoms. The van der Waals surface area contributed by atoms with Crippen molar-refractivity contribution in [3.8, 4) is 10.8 Å². The lowest BCUT2D eigenvalue weighted by Gasteiger charge is -2.23. The Labute approximate surface area is 121 Å². The molecular weight excluding hydrogens is 296 g/mol. The molecule has 0 aromatic carbocycles. The highest BCUT2D eigenvalue weighted by molar-refractivity contribution is 7.91. The van der Waals surface area contributed by atoms with Crippen LogP contribution in [0.15, 0.2) is 23.8 Å². The van der Waals surface area contributed by atoms with Gasteiger partial charge in [0.25, 0.3) is 0 Å². The van der Waals surface area contributed by atoms with Gasteiger partial charge in [0.1, 0.15) is 15.7 Å². The lowest BCUT2D eigenvalue weighted by molar-refractivity contribution is 0.559. The van der Waals surface area contributed by atoms with Crippen molar-refractivity contribution in [1.29, 1.82) is 0 Å². The second-order valence-electron chi connectivity index (χ2n) is 4.67. The molecular formula is C12H14N4O2S2. The predicted molar refractivity (Wildman–Crippen MR) is 78.4 cm³/mol. The summed E-state index contributed by atoms with van der Waals surface area (Å²) in [7, 11) is -2.83. The molecule has 0 unspecified atom stereocenters. The smallest absolute Gasteiger partial charge is 0.190 e. The van der Waals surface area contributed by atoms with E-state index in [4.69, 9.17) is 0 Å². The topological polar surface area (TPSA) is 84.8 Å². The van der Waals surface area contributed by atoms with Gasteiger partial charge in [0.05, 0.1) is 11.5 Å². The van der Waals surface area contributed by atoms with Crippen LogP contribution in [-0.4, -0.2) is 40.9 Å². The normalized spacial score (nSPS) is 18.8. The molecule has 1 saturated heterocycles. The van der Waals surface area contributed by atoms with Gasteiger partial charge in [-0.3, -0.25) is 0 Å². The Bertz CT molecular complexity index is 671. The van der Waals surface area contributed by atoms with Crippen LogP contribution in [0.4, 0.5) is 5.82 Å². The molecule has 3 rings (SSSR count). The maximum Gasteiger partial charge on any atom is 0.190 e. The molecule has 1 aliphatic rings. The molecule has 8 heteroatoms. The monoisotopic (exact) mass is 310 g/mol. The van der Waals surface area contributed by atoms with Crippen molar-refractivity contribution >= 4 is 27.0 Å². The van der Waals surface area contributed by atoms with Gasteiger partial charge < -0.3 is 5.32 Å². The van der Waals surface area contributed by atoms with Gasteiger partial charge in [-0.15, -0.1) is 11.3 Å². The van der Waals surface area contributed by atoms with Crippen molar-refractivity contribution < 1.29 is 8.42 Å². The SMILES string of the molecule is O=S1(=O)CCC(Nc2ccnc(-c3nccs3)n2)CC1. The van der Waals surface area contributed by atoms with Crippen LogP contribution in [0.1, 0.15) is 12.8 Å². The number of sulfone groups is 1. The average molecular weight is 310 g/mol. The van der Waals surface area contributed by atoms with E-state index in [0.29, 0.717) is 18.7 Å². The van der Waals surface area contributed by atoms with Crippen molar-refractivity contribution in [1.82, 2.24) is 15.0 Å². The summed E-state index contributed by atoms with van der Waals surface area (Å²) in [6.45, 7) is 0. The number of hydrogen-bond acceptors (Lipinski definition) is 7. The number of anilines is 1. The minimum Gasteiger partial charge on any atom is -0.367 e. The molecule has 1 N–H and O–H groups in total. The van der Waals surface area contributed by atoms with Crippen molar-refractivity contribution in [2.75, 3.05) is 16.8 Å². The van der Waals surface area contributed by atoms with Crippen LogP contribution in [0.3, 0.4) is 0 Å². The zero-order valence-corrected chi connectivity index (χ0v) is 12.3. The summed E-state index contributed by atoms with van der Waals surface area (Å²) in [5, 5.41) is 5.94. The van der Waals surface area contributed by atoms with Gasteiger partial charge in [0.2, 0.25) is 0 Å². The van der Waals surface area contributed by atoms with E-state index < -0.39 is 9.84 Å². The minimum absolute atomic E-state index is 0.151. The quantitative estimate of drug-likeness (QED) is 0.926. The molecule has 0 atom stereocenters. The zero-order valence-electron chi connectivity index (χ0n) is 10.7. The lowest BCUT2D eigenvalue weighted by atomic mass is 10.1. The Kier molecular flexibility index (Phi) is 3.66. The Morgan fingerprint density at radius 3 is 2.70 bits per heavy atom. The number of rotatable bonds is 3. The minimum atomic E-state index is -2.83. The van der Waals surface area contributed by atoms with E-state index in [9.17, 15) is 8.42 Å². The Morgan fingerprint density at radius 2 is 2.00 bits per heavy atom. The molecule has 2 aromatic rings. The van der Waals surface area contributed by atoms with Crippen LogP contribution in [0.25, 0.3) is 10.8 Å². The second kappa shape index (κ2) is 5.45. The highest BCUT2D eigenvalue weighted by atomic mass is 32.2. The number of aromatic nitrogens is 3. The van der Waals surface area contributed by atoms with Crippen molar-refractivity contribution in [3.63, 3.8) is 0 Å². The number of nitrogens with one attached hydrogen (secondary N) is 1. The summed E-state index contributed by atoms with van der Waals surface area (Å²) in [5.41, 5.74) is 0. The Balaban J connectivity index is 1.71. The molecule has 3 heterocycles. The number of hydrogen-bond donors (Lipinski definition) is 1. The molecule has 6 nitrogen and oxygen atoms in total. The number of nitrogens with zero attached hydrogens (tertiary/aromatic N) is 3. The van der Waals surface area contributed by atoms with Crippen LogP contribution in [0, 0.1) is 0 Å². The maximum atomic E-state index is 11.4. The van der Waals surface area contributed by atoms with Crippen LogP contribution < -0.4 is 5.32 Å². The van der Waals surface area contributed by atoms with Gasteiger partial charge in [-0.2, -0.15) is 0 Å². The van der Waals surface area contributed by atoms with E-state index in [1.54, 1.807) is 18.5 Å². The Hall–Kier alpha value is -1.54. The van der Waals surface area contributed by atoms with Gasteiger partial charge in [-0.05, 0) is 18.9 Å². The second-order valence-corrected chi connectivity index (χ2v) is 7.87. The first-order valence-electron chi connectivity index (χ1n) is 6.32. The highest BCUT2D eigenvalue weighted by Crippen LogP contribution is 2.20. The van der Waals surface area contributed by atoms with Crippen molar-refractivity contribution in [2.45, 2.75) is 18.9 Å². The van der Waals surface area contributed by atoms with Gasteiger partial charge in [0.15, 0.2) is 10.8 Å². The van der Waals surface area contributed by atoms with Gasteiger partial charge in [0, 0.05) is 23.8 Å². The summed E-state index contributed by atoms with van der Waals surface area (Å²) in [5.74, 6) is 1.80. The van der Waals surface area contributed by atoms with Crippen LogP contribution >= 0.6 is 11.3 Å². The molecule has 0 radical (unpaired) electrons. The average Bonchev–Trinajstić information content (AvgIpc) is 2.96. The third-order valence-electron chi connectivity index (χ3n) is 3.19. The van der Waals surface area contributed by atoms with Crippen LogP contribution in [-0.2, 0) is 9.84 Å². The first kappa shape index (κ1) is 13.4. The maximum absolute atomic E-state index is 11.4. The molecule has 106 valence electrons. The molecule has 1 aliphatic heterocycles. The van der Waals surface area contributed by atoms with Gasteiger partial charge in [-0.25, -0.2) is 23.4 Å². The lowest BCUT2D eigenvalue weighted by Crippen LogP contribution is -2.32. The third-order valence-corrected chi connectivity index (χ3v) is 5.67. The van der Waals surface area contributed by atoms with E-state index in [2.05, 4.69) is 20.3 Å². The first-order chi connectivity index (χ1) is 9.62. The summed E-state index contributed by atoms with van der Waals surface area (Å²) < 4.78 is 22.8. The van der Waals surface area contributed by atoms with Crippen LogP contribution in [0.2, 0.25) is 0 Å². The largest absolute Gasteiger partial charge is 0.367 e. The van der Waals surface area contributed by atoms with Gasteiger partial charge >= 0.3 is 0 Å². The van der Waals surface area contributed by atoms with E-state index in [1.165, 1.54) is 11.3 Å². The number of thiazole rings is 1. The molecule has 0 bridgehead atoms. The summed E-state index contributed by atoms with van der Waals surface area (Å²) in [6, 6.07) is 1.94. The molecule has 2 aromatic heterocycles. The van der Waals surface area contributed by atoms with E-state index >= 15 is 0 Å². The summed E-state index contributed by atoms with van der Waals surface area (Å²) >= 11 is 1.49. The van der Waals surface area contributed by atoms with E-state index in [-0.39, 0.29) is 17.5 Å². The van der Waals surface area contributed by atoms with Crippen LogP contribution in [0.5, 0.6) is 0 Å². The Morgan fingerprint density at radius 1 is 1.20 bits per heavy atom. The molecule has 0 spiro atoms. The molecule has 0 saturated carbocycles. The van der Waals surface area contributed by atoms with Crippen molar-refractivity contribution in [3.05, 3.63) is 23.8 Å². The fourth-order valence-electron chi connectivity index (χ4n) is 2.12. The van der Waals surface area contributed by atoms with E-state index in [1.807, 2.05) is 5.38 Å². The highest BCUT2D eigenvalue weighted by Gasteiger charge is 2.23. The standard InChI is InChI=1S/C12H14N4O2S2/c17-20(18)7-2-9(3-8-20)15-10-1-4-13-11(16-10)12-14-5-6-19-12/h1,4-6,9H,2-3,7-8H2,(H,13,15,16). The van der Waals surface area contributed by atoms with Crippen molar-refractivity contribution in [2.24, 2.45) is 0 Å².